The zero-order valence-corrected chi connectivity index (χ0v) is 42.7. The van der Waals surface area contributed by atoms with Gasteiger partial charge < -0.3 is 40.3 Å². The lowest BCUT2D eigenvalue weighted by molar-refractivity contribution is -0.302. The van der Waals surface area contributed by atoms with E-state index in [0.717, 1.165) is 64.2 Å². The van der Waals surface area contributed by atoms with E-state index in [4.69, 9.17) is 9.47 Å². The quantitative estimate of drug-likeness (QED) is 0.0261. The van der Waals surface area contributed by atoms with Crippen molar-refractivity contribution < 1.29 is 39.8 Å². The second-order valence-electron chi connectivity index (χ2n) is 19.4. The molecule has 9 nitrogen and oxygen atoms in total. The van der Waals surface area contributed by atoms with E-state index in [-0.39, 0.29) is 12.5 Å². The summed E-state index contributed by atoms with van der Waals surface area (Å²) in [6, 6.07) is -0.833. The van der Waals surface area contributed by atoms with Crippen molar-refractivity contribution in [3.8, 4) is 0 Å². The highest BCUT2D eigenvalue weighted by molar-refractivity contribution is 5.76. The Labute approximate surface area is 405 Å². The van der Waals surface area contributed by atoms with Gasteiger partial charge in [-0.1, -0.05) is 223 Å². The van der Waals surface area contributed by atoms with Gasteiger partial charge in [-0.3, -0.25) is 4.79 Å². The molecule has 6 N–H and O–H groups in total. The molecule has 1 aliphatic heterocycles. The van der Waals surface area contributed by atoms with Crippen LogP contribution in [0, 0.1) is 0 Å². The first-order valence-electron chi connectivity index (χ1n) is 27.9. The Hall–Kier alpha value is -1.85. The van der Waals surface area contributed by atoms with Gasteiger partial charge in [0.15, 0.2) is 6.29 Å². The number of carbonyl (C=O) groups excluding carboxylic acids is 1. The number of carbonyl (C=O) groups is 1. The summed E-state index contributed by atoms with van der Waals surface area (Å²) in [7, 11) is 0. The smallest absolute Gasteiger partial charge is 0.220 e. The number of aliphatic hydroxyl groups excluding tert-OH is 5. The largest absolute Gasteiger partial charge is 0.394 e. The molecular weight excluding hydrogens is 827 g/mol. The van der Waals surface area contributed by atoms with Gasteiger partial charge in [-0.25, -0.2) is 0 Å². The number of ether oxygens (including phenoxy) is 2. The van der Waals surface area contributed by atoms with Crippen molar-refractivity contribution in [2.75, 3.05) is 13.2 Å². The van der Waals surface area contributed by atoms with Crippen LogP contribution in [-0.4, -0.2) is 87.5 Å². The molecule has 7 unspecified atom stereocenters. The first-order valence-corrected chi connectivity index (χ1v) is 27.9. The Balaban J connectivity index is 2.30. The predicted molar refractivity (Wildman–Crippen MR) is 276 cm³/mol. The molecule has 0 bridgehead atoms. The number of allylic oxidation sites excluding steroid dienone is 7. The minimum atomic E-state index is -1.58. The topological polar surface area (TPSA) is 149 Å². The Kier molecular flexibility index (Phi) is 44.1. The second-order valence-corrected chi connectivity index (χ2v) is 19.4. The predicted octanol–water partition coefficient (Wildman–Crippen LogP) is 13.3. The number of rotatable bonds is 47. The van der Waals surface area contributed by atoms with Crippen molar-refractivity contribution >= 4 is 5.91 Å². The molecule has 1 aliphatic rings. The highest BCUT2D eigenvalue weighted by atomic mass is 16.7. The average Bonchev–Trinajstić information content (AvgIpc) is 3.32. The van der Waals surface area contributed by atoms with Gasteiger partial charge in [-0.15, -0.1) is 0 Å². The van der Waals surface area contributed by atoms with Crippen LogP contribution >= 0.6 is 0 Å². The molecule has 1 amide bonds. The maximum absolute atomic E-state index is 13.0. The van der Waals surface area contributed by atoms with E-state index in [1.165, 1.54) is 167 Å². The summed E-state index contributed by atoms with van der Waals surface area (Å²) in [5, 5.41) is 54.4. The molecule has 0 aromatic carbocycles. The van der Waals surface area contributed by atoms with Gasteiger partial charge in [-0.05, 0) is 70.6 Å². The molecule has 0 aromatic heterocycles. The molecule has 66 heavy (non-hydrogen) atoms. The maximum atomic E-state index is 13.0. The number of hydrogen-bond acceptors (Lipinski definition) is 8. The van der Waals surface area contributed by atoms with Crippen molar-refractivity contribution in [2.45, 2.75) is 294 Å². The molecule has 386 valence electrons. The van der Waals surface area contributed by atoms with E-state index in [9.17, 15) is 30.3 Å². The van der Waals surface area contributed by atoms with Crippen molar-refractivity contribution in [1.29, 1.82) is 0 Å². The van der Waals surface area contributed by atoms with Crippen LogP contribution in [0.4, 0.5) is 0 Å². The third-order valence-electron chi connectivity index (χ3n) is 13.1. The van der Waals surface area contributed by atoms with Crippen molar-refractivity contribution in [3.05, 3.63) is 48.6 Å². The lowest BCUT2D eigenvalue weighted by Gasteiger charge is -2.40. The third kappa shape index (κ3) is 36.2. The van der Waals surface area contributed by atoms with E-state index in [1.807, 2.05) is 6.08 Å². The summed E-state index contributed by atoms with van der Waals surface area (Å²) in [5.74, 6) is -0.198. The molecule has 0 aromatic rings. The molecule has 0 spiro atoms. The third-order valence-corrected chi connectivity index (χ3v) is 13.1. The summed E-state index contributed by atoms with van der Waals surface area (Å²) in [4.78, 5) is 13.0. The van der Waals surface area contributed by atoms with Crippen LogP contribution in [0.3, 0.4) is 0 Å². The molecule has 0 saturated carbocycles. The van der Waals surface area contributed by atoms with E-state index in [2.05, 4.69) is 55.6 Å². The van der Waals surface area contributed by atoms with E-state index in [0.29, 0.717) is 6.42 Å². The first-order chi connectivity index (χ1) is 32.3. The minimum Gasteiger partial charge on any atom is -0.394 e. The van der Waals surface area contributed by atoms with Gasteiger partial charge in [-0.2, -0.15) is 0 Å². The van der Waals surface area contributed by atoms with Gasteiger partial charge in [0, 0.05) is 6.42 Å². The molecule has 0 aliphatic carbocycles. The molecule has 1 rings (SSSR count). The fourth-order valence-electron chi connectivity index (χ4n) is 8.65. The van der Waals surface area contributed by atoms with Crippen LogP contribution in [0.2, 0.25) is 0 Å². The summed E-state index contributed by atoms with van der Waals surface area (Å²) in [5.41, 5.74) is 0. The molecule has 0 radical (unpaired) electrons. The Morgan fingerprint density at radius 1 is 0.500 bits per heavy atom. The fraction of sp³-hybridized carbons (Fsp3) is 0.842. The van der Waals surface area contributed by atoms with E-state index < -0.39 is 49.5 Å². The zero-order valence-electron chi connectivity index (χ0n) is 42.7. The number of amides is 1. The monoisotopic (exact) mass is 932 g/mol. The Morgan fingerprint density at radius 3 is 1.27 bits per heavy atom. The van der Waals surface area contributed by atoms with Crippen LogP contribution in [0.5, 0.6) is 0 Å². The fourth-order valence-corrected chi connectivity index (χ4v) is 8.65. The average molecular weight is 932 g/mol. The standard InChI is InChI=1S/C57H105NO8/c1-3-5-7-9-11-13-15-17-19-21-23-24-25-26-27-28-29-30-32-34-36-38-40-42-44-46-51(60)50(49-65-57-56(64)55(63)54(62)52(48-59)66-57)58-53(61)47-45-43-41-39-37-35-33-31-22-20-18-16-14-12-10-8-6-4-2/h29-31,33,36,38,44,46,50-52,54-57,59-60,62-64H,3-28,32,34-35,37,39-43,45,47-49H2,1-2H3,(H,58,61)/b30-29+,33-31-,38-36+,46-44+. The van der Waals surface area contributed by atoms with E-state index in [1.54, 1.807) is 6.08 Å². The van der Waals surface area contributed by atoms with Crippen LogP contribution < -0.4 is 5.32 Å². The number of unbranched alkanes of at least 4 members (excludes halogenated alkanes) is 31. The molecule has 7 atom stereocenters. The molecule has 9 heteroatoms. The van der Waals surface area contributed by atoms with Gasteiger partial charge in [0.1, 0.15) is 24.4 Å². The molecule has 1 saturated heterocycles. The maximum Gasteiger partial charge on any atom is 0.220 e. The number of hydrogen-bond donors (Lipinski definition) is 6. The Bertz CT molecular complexity index is 1170. The lowest BCUT2D eigenvalue weighted by Crippen LogP contribution is -2.60. The summed E-state index contributed by atoms with van der Waals surface area (Å²) in [6.45, 7) is 3.77. The highest BCUT2D eigenvalue weighted by Gasteiger charge is 2.44. The molecule has 1 fully saturated rings. The van der Waals surface area contributed by atoms with Crippen LogP contribution in [0.1, 0.15) is 251 Å². The summed E-state index contributed by atoms with van der Waals surface area (Å²) in [6.07, 6.45) is 54.6. The zero-order chi connectivity index (χ0) is 48.0. The second kappa shape index (κ2) is 46.9. The Morgan fingerprint density at radius 2 is 0.864 bits per heavy atom. The first kappa shape index (κ1) is 62.2. The van der Waals surface area contributed by atoms with Crippen LogP contribution in [0.15, 0.2) is 48.6 Å². The van der Waals surface area contributed by atoms with Gasteiger partial charge >= 0.3 is 0 Å². The normalized spacial score (nSPS) is 20.1. The van der Waals surface area contributed by atoms with E-state index >= 15 is 0 Å². The van der Waals surface area contributed by atoms with Crippen molar-refractivity contribution in [1.82, 2.24) is 5.32 Å². The highest BCUT2D eigenvalue weighted by Crippen LogP contribution is 2.23. The lowest BCUT2D eigenvalue weighted by atomic mass is 9.99. The van der Waals surface area contributed by atoms with Gasteiger partial charge in [0.2, 0.25) is 5.91 Å². The van der Waals surface area contributed by atoms with Crippen LogP contribution in [-0.2, 0) is 14.3 Å². The number of aliphatic hydroxyl groups is 5. The van der Waals surface area contributed by atoms with Gasteiger partial charge in [0.25, 0.3) is 0 Å². The number of nitrogens with one attached hydrogen (secondary N) is 1. The molecular formula is C57H105NO8. The van der Waals surface area contributed by atoms with Crippen LogP contribution in [0.25, 0.3) is 0 Å². The van der Waals surface area contributed by atoms with Crippen molar-refractivity contribution in [2.24, 2.45) is 0 Å². The summed E-state index contributed by atoms with van der Waals surface area (Å²) < 4.78 is 11.2. The SMILES string of the molecule is CCCCCCCCCCC/C=C\CCCCCCCC(=O)NC(COC1OC(CO)C(O)C(O)C1O)C(O)/C=C/CC/C=C/CC/C=C/CCCCCCCCCCCCCCCCC. The summed E-state index contributed by atoms with van der Waals surface area (Å²) >= 11 is 0. The molecule has 1 heterocycles. The van der Waals surface area contributed by atoms with Crippen molar-refractivity contribution in [3.63, 3.8) is 0 Å². The van der Waals surface area contributed by atoms with Gasteiger partial charge in [0.05, 0.1) is 25.4 Å². The minimum absolute atomic E-state index is 0.198.